The van der Waals surface area contributed by atoms with E-state index in [4.69, 9.17) is 5.73 Å². The van der Waals surface area contributed by atoms with Gasteiger partial charge in [-0.1, -0.05) is 20.3 Å². The van der Waals surface area contributed by atoms with Crippen LogP contribution in [0.25, 0.3) is 0 Å². The van der Waals surface area contributed by atoms with Crippen LogP contribution in [-0.4, -0.2) is 54.0 Å². The summed E-state index contributed by atoms with van der Waals surface area (Å²) in [5.41, 5.74) is 6.05. The molecule has 4 atom stereocenters. The first kappa shape index (κ1) is 21.0. The Hall–Kier alpha value is -0.0300. The van der Waals surface area contributed by atoms with Crippen molar-refractivity contribution in [3.8, 4) is 0 Å². The molecule has 23 heavy (non-hydrogen) atoms. The van der Waals surface area contributed by atoms with E-state index in [1.165, 1.54) is 25.7 Å². The monoisotopic (exact) mass is 365 g/mol. The third-order valence-electron chi connectivity index (χ3n) is 5.84. The van der Waals surface area contributed by atoms with E-state index in [0.717, 1.165) is 50.5 Å². The quantitative estimate of drug-likeness (QED) is 0.832. The molecule has 6 heteroatoms. The summed E-state index contributed by atoms with van der Waals surface area (Å²) in [4.78, 5) is 17.0. The molecule has 136 valence electrons. The molecular formula is C17H33Cl2N3O. The molecular weight excluding hydrogens is 333 g/mol. The van der Waals surface area contributed by atoms with Crippen molar-refractivity contribution in [2.45, 2.75) is 58.0 Å². The first-order chi connectivity index (χ1) is 10.0. The number of piperazine rings is 1. The fourth-order valence-corrected chi connectivity index (χ4v) is 4.78. The van der Waals surface area contributed by atoms with Crippen LogP contribution < -0.4 is 5.73 Å². The summed E-state index contributed by atoms with van der Waals surface area (Å²) < 4.78 is 0. The van der Waals surface area contributed by atoms with Crippen LogP contribution in [0.15, 0.2) is 0 Å². The highest BCUT2D eigenvalue weighted by atomic mass is 35.5. The second-order valence-electron chi connectivity index (χ2n) is 7.84. The number of rotatable bonds is 4. The van der Waals surface area contributed by atoms with E-state index >= 15 is 0 Å². The molecule has 0 spiro atoms. The van der Waals surface area contributed by atoms with Crippen LogP contribution in [-0.2, 0) is 4.79 Å². The Kier molecular flexibility index (Phi) is 8.12. The number of carbonyl (C=O) groups excluding carboxylic acids is 1. The van der Waals surface area contributed by atoms with Crippen LogP contribution in [0.1, 0.15) is 46.0 Å². The molecule has 3 rings (SSSR count). The molecule has 1 saturated heterocycles. The first-order valence-electron chi connectivity index (χ1n) is 8.83. The average Bonchev–Trinajstić information content (AvgIpc) is 3.08. The van der Waals surface area contributed by atoms with Crippen molar-refractivity contribution in [3.05, 3.63) is 0 Å². The summed E-state index contributed by atoms with van der Waals surface area (Å²) in [5, 5.41) is 0. The number of fused-ring (bicyclic) bond motifs is 2. The molecule has 0 aromatic heterocycles. The first-order valence-corrected chi connectivity index (χ1v) is 8.83. The second-order valence-corrected chi connectivity index (χ2v) is 7.84. The molecule has 2 N–H and O–H groups in total. The van der Waals surface area contributed by atoms with E-state index in [1.807, 2.05) is 4.90 Å². The van der Waals surface area contributed by atoms with Gasteiger partial charge in [-0.2, -0.15) is 0 Å². The summed E-state index contributed by atoms with van der Waals surface area (Å²) in [7, 11) is 0. The maximum atomic E-state index is 12.4. The van der Waals surface area contributed by atoms with Gasteiger partial charge < -0.3 is 10.6 Å². The zero-order chi connectivity index (χ0) is 15.0. The molecule has 2 saturated carbocycles. The van der Waals surface area contributed by atoms with Crippen LogP contribution >= 0.6 is 24.8 Å². The molecule has 1 aliphatic heterocycles. The van der Waals surface area contributed by atoms with Gasteiger partial charge in [-0.05, 0) is 43.4 Å². The van der Waals surface area contributed by atoms with Crippen molar-refractivity contribution in [3.63, 3.8) is 0 Å². The highest BCUT2D eigenvalue weighted by molar-refractivity contribution is 5.85. The summed E-state index contributed by atoms with van der Waals surface area (Å²) >= 11 is 0. The lowest BCUT2D eigenvalue weighted by molar-refractivity contribution is -0.135. The normalized spacial score (nSPS) is 31.7. The summed E-state index contributed by atoms with van der Waals surface area (Å²) in [5.74, 6) is 2.59. The van der Waals surface area contributed by atoms with Crippen LogP contribution in [0.4, 0.5) is 0 Å². The number of hydrogen-bond acceptors (Lipinski definition) is 3. The fraction of sp³-hybridized carbons (Fsp3) is 0.941. The molecule has 0 aromatic rings. The molecule has 4 nitrogen and oxygen atoms in total. The molecule has 2 bridgehead atoms. The number of nitrogens with two attached hydrogens (primary N) is 1. The van der Waals surface area contributed by atoms with Crippen molar-refractivity contribution in [1.29, 1.82) is 0 Å². The van der Waals surface area contributed by atoms with Crippen molar-refractivity contribution in [2.75, 3.05) is 26.2 Å². The highest BCUT2D eigenvalue weighted by Gasteiger charge is 2.43. The average molecular weight is 366 g/mol. The van der Waals surface area contributed by atoms with E-state index < -0.39 is 0 Å². The lowest BCUT2D eigenvalue weighted by Gasteiger charge is -2.41. The lowest BCUT2D eigenvalue weighted by Crippen LogP contribution is -2.56. The highest BCUT2D eigenvalue weighted by Crippen LogP contribution is 2.46. The smallest absolute Gasteiger partial charge is 0.239 e. The van der Waals surface area contributed by atoms with Gasteiger partial charge in [0.2, 0.25) is 5.91 Å². The van der Waals surface area contributed by atoms with Gasteiger partial charge in [0.25, 0.3) is 0 Å². The minimum Gasteiger partial charge on any atom is -0.339 e. The molecule has 1 heterocycles. The zero-order valence-corrected chi connectivity index (χ0v) is 16.1. The molecule has 2 aliphatic carbocycles. The Morgan fingerprint density at radius 3 is 2.22 bits per heavy atom. The van der Waals surface area contributed by atoms with Crippen LogP contribution in [0.5, 0.6) is 0 Å². The number of amides is 1. The van der Waals surface area contributed by atoms with E-state index in [-0.39, 0.29) is 36.8 Å². The number of nitrogens with zero attached hydrogens (tertiary/aromatic N) is 2. The van der Waals surface area contributed by atoms with Gasteiger partial charge in [-0.3, -0.25) is 9.69 Å². The largest absolute Gasteiger partial charge is 0.339 e. The Morgan fingerprint density at radius 2 is 1.74 bits per heavy atom. The van der Waals surface area contributed by atoms with Crippen molar-refractivity contribution < 1.29 is 4.79 Å². The minimum absolute atomic E-state index is 0. The van der Waals surface area contributed by atoms with Crippen molar-refractivity contribution in [2.24, 2.45) is 23.5 Å². The van der Waals surface area contributed by atoms with Gasteiger partial charge >= 0.3 is 0 Å². The standard InChI is InChI=1S/C17H31N3O.2ClH/c1-12(2)9-15(18)17(21)20-7-5-19(6-8-20)16-11-13-3-4-14(16)10-13;;/h12-16H,3-11,18H2,1-2H3;2*1H/t13?,14?,15-,16?;;/m0../s1. The van der Waals surface area contributed by atoms with E-state index in [2.05, 4.69) is 18.7 Å². The van der Waals surface area contributed by atoms with Crippen LogP contribution in [0.2, 0.25) is 0 Å². The summed E-state index contributed by atoms with van der Waals surface area (Å²) in [6.45, 7) is 8.10. The SMILES string of the molecule is CC(C)C[C@H](N)C(=O)N1CCN(C2CC3CCC2C3)CC1.Cl.Cl. The third-order valence-corrected chi connectivity index (χ3v) is 5.84. The van der Waals surface area contributed by atoms with Gasteiger partial charge in [0, 0.05) is 32.2 Å². The zero-order valence-electron chi connectivity index (χ0n) is 14.4. The molecule has 3 unspecified atom stereocenters. The molecule has 3 aliphatic rings. The number of carbonyl (C=O) groups is 1. The Bertz CT molecular complexity index is 386. The van der Waals surface area contributed by atoms with Gasteiger partial charge in [-0.25, -0.2) is 0 Å². The van der Waals surface area contributed by atoms with Crippen LogP contribution in [0, 0.1) is 17.8 Å². The van der Waals surface area contributed by atoms with Gasteiger partial charge in [-0.15, -0.1) is 24.8 Å². The summed E-state index contributed by atoms with van der Waals surface area (Å²) in [6, 6.07) is 0.504. The predicted molar refractivity (Wildman–Crippen MR) is 99.3 cm³/mol. The van der Waals surface area contributed by atoms with Crippen molar-refractivity contribution >= 4 is 30.7 Å². The van der Waals surface area contributed by atoms with E-state index in [1.54, 1.807) is 0 Å². The maximum absolute atomic E-state index is 12.4. The molecule has 0 radical (unpaired) electrons. The van der Waals surface area contributed by atoms with E-state index in [9.17, 15) is 4.79 Å². The fourth-order valence-electron chi connectivity index (χ4n) is 4.78. The summed E-state index contributed by atoms with van der Waals surface area (Å²) in [6.07, 6.45) is 6.57. The molecule has 1 amide bonds. The van der Waals surface area contributed by atoms with E-state index in [0.29, 0.717) is 5.92 Å². The third kappa shape index (κ3) is 4.75. The Morgan fingerprint density at radius 1 is 1.09 bits per heavy atom. The van der Waals surface area contributed by atoms with Gasteiger partial charge in [0.05, 0.1) is 6.04 Å². The van der Waals surface area contributed by atoms with Gasteiger partial charge in [0.15, 0.2) is 0 Å². The number of halogens is 2. The second kappa shape index (κ2) is 8.89. The number of hydrogen-bond donors (Lipinski definition) is 1. The van der Waals surface area contributed by atoms with Gasteiger partial charge in [0.1, 0.15) is 0 Å². The molecule has 0 aromatic carbocycles. The maximum Gasteiger partial charge on any atom is 0.239 e. The topological polar surface area (TPSA) is 49.6 Å². The minimum atomic E-state index is -0.306. The predicted octanol–water partition coefficient (Wildman–Crippen LogP) is 2.54. The Balaban J connectivity index is 0.00000132. The van der Waals surface area contributed by atoms with Crippen LogP contribution in [0.3, 0.4) is 0 Å². The van der Waals surface area contributed by atoms with Crippen molar-refractivity contribution in [1.82, 2.24) is 9.80 Å². The lowest BCUT2D eigenvalue weighted by atomic mass is 9.93. The Labute approximate surface area is 153 Å². The molecule has 3 fully saturated rings.